The highest BCUT2D eigenvalue weighted by molar-refractivity contribution is 7.11. The van der Waals surface area contributed by atoms with Gasteiger partial charge >= 0.3 is 0 Å². The Labute approximate surface area is 71.8 Å². The van der Waals surface area contributed by atoms with E-state index >= 15 is 0 Å². The van der Waals surface area contributed by atoms with Gasteiger partial charge in [0.15, 0.2) is 0 Å². The van der Waals surface area contributed by atoms with Gasteiger partial charge in [-0.1, -0.05) is 6.08 Å². The Morgan fingerprint density at radius 3 is 3.00 bits per heavy atom. The number of thiophene rings is 1. The molecule has 1 heterocycles. The molecule has 1 N–H and O–H groups in total. The third kappa shape index (κ3) is 2.48. The molecule has 2 heteroatoms. The standard InChI is InChI=1S/C9H13NS/c1-8-5-7-11-9(8)4-3-6-10-2/h3-5,7,10H,6H2,1-2H3. The summed E-state index contributed by atoms with van der Waals surface area (Å²) in [6.45, 7) is 3.08. The van der Waals surface area contributed by atoms with Crippen LogP contribution in [0.2, 0.25) is 0 Å². The van der Waals surface area contributed by atoms with Gasteiger partial charge in [0, 0.05) is 11.4 Å². The first-order valence-electron chi connectivity index (χ1n) is 3.70. The lowest BCUT2D eigenvalue weighted by Gasteiger charge is -1.89. The minimum atomic E-state index is 0.942. The van der Waals surface area contributed by atoms with Crippen molar-refractivity contribution in [2.75, 3.05) is 13.6 Å². The molecule has 1 aromatic rings. The first kappa shape index (κ1) is 8.50. The third-order valence-electron chi connectivity index (χ3n) is 1.49. The molecule has 0 aliphatic rings. The molecule has 0 bridgehead atoms. The molecular formula is C9H13NS. The van der Waals surface area contributed by atoms with E-state index in [4.69, 9.17) is 0 Å². The molecule has 1 aromatic heterocycles. The highest BCUT2D eigenvalue weighted by Gasteiger charge is 1.91. The van der Waals surface area contributed by atoms with Crippen molar-refractivity contribution in [3.05, 3.63) is 28.0 Å². The lowest BCUT2D eigenvalue weighted by Crippen LogP contribution is -2.03. The monoisotopic (exact) mass is 167 g/mol. The van der Waals surface area contributed by atoms with Crippen molar-refractivity contribution in [2.45, 2.75) is 6.92 Å². The lowest BCUT2D eigenvalue weighted by atomic mass is 10.3. The smallest absolute Gasteiger partial charge is 0.0296 e. The van der Waals surface area contributed by atoms with E-state index in [9.17, 15) is 0 Å². The predicted molar refractivity (Wildman–Crippen MR) is 52.0 cm³/mol. The van der Waals surface area contributed by atoms with Crippen LogP contribution in [0.5, 0.6) is 0 Å². The highest BCUT2D eigenvalue weighted by Crippen LogP contribution is 2.16. The Morgan fingerprint density at radius 1 is 1.64 bits per heavy atom. The molecule has 1 nitrogen and oxygen atoms in total. The van der Waals surface area contributed by atoms with Crippen molar-refractivity contribution in [3.8, 4) is 0 Å². The summed E-state index contributed by atoms with van der Waals surface area (Å²) in [6, 6.07) is 2.14. The minimum absolute atomic E-state index is 0.942. The molecule has 1 rings (SSSR count). The number of aryl methyl sites for hydroxylation is 1. The summed E-state index contributed by atoms with van der Waals surface area (Å²) in [5, 5.41) is 5.19. The van der Waals surface area contributed by atoms with Gasteiger partial charge in [-0.25, -0.2) is 0 Å². The maximum atomic E-state index is 3.07. The molecule has 60 valence electrons. The highest BCUT2D eigenvalue weighted by atomic mass is 32.1. The van der Waals surface area contributed by atoms with Gasteiger partial charge in [0.2, 0.25) is 0 Å². The van der Waals surface area contributed by atoms with Gasteiger partial charge in [0.25, 0.3) is 0 Å². The summed E-state index contributed by atoms with van der Waals surface area (Å²) in [4.78, 5) is 1.36. The summed E-state index contributed by atoms with van der Waals surface area (Å²) >= 11 is 1.79. The van der Waals surface area contributed by atoms with Crippen molar-refractivity contribution < 1.29 is 0 Å². The molecule has 11 heavy (non-hydrogen) atoms. The van der Waals surface area contributed by atoms with Crippen LogP contribution in [0.4, 0.5) is 0 Å². The van der Waals surface area contributed by atoms with E-state index in [1.165, 1.54) is 10.4 Å². The average molecular weight is 167 g/mol. The van der Waals surface area contributed by atoms with E-state index in [0.29, 0.717) is 0 Å². The molecule has 0 aromatic carbocycles. The van der Waals surface area contributed by atoms with Crippen LogP contribution in [-0.2, 0) is 0 Å². The fourth-order valence-electron chi connectivity index (χ4n) is 0.839. The van der Waals surface area contributed by atoms with Crippen molar-refractivity contribution >= 4 is 17.4 Å². The van der Waals surface area contributed by atoms with Crippen LogP contribution < -0.4 is 5.32 Å². The van der Waals surface area contributed by atoms with Crippen LogP contribution in [0.15, 0.2) is 17.5 Å². The van der Waals surface area contributed by atoms with Crippen molar-refractivity contribution in [1.82, 2.24) is 5.32 Å². The number of hydrogen-bond acceptors (Lipinski definition) is 2. The Balaban J connectivity index is 2.56. The van der Waals surface area contributed by atoms with Gasteiger partial charge in [-0.2, -0.15) is 0 Å². The van der Waals surface area contributed by atoms with Gasteiger partial charge in [0.1, 0.15) is 0 Å². The van der Waals surface area contributed by atoms with Crippen LogP contribution >= 0.6 is 11.3 Å². The number of nitrogens with one attached hydrogen (secondary N) is 1. The zero-order valence-corrected chi connectivity index (χ0v) is 7.74. The number of rotatable bonds is 3. The second kappa shape index (κ2) is 4.31. The molecular weight excluding hydrogens is 154 g/mol. The predicted octanol–water partition coefficient (Wildman–Crippen LogP) is 2.29. The van der Waals surface area contributed by atoms with Gasteiger partial charge in [0.05, 0.1) is 0 Å². The van der Waals surface area contributed by atoms with E-state index in [1.807, 2.05) is 7.05 Å². The first-order valence-corrected chi connectivity index (χ1v) is 4.58. The van der Waals surface area contributed by atoms with Gasteiger partial charge in [-0.15, -0.1) is 11.3 Å². The maximum Gasteiger partial charge on any atom is 0.0296 e. The summed E-state index contributed by atoms with van der Waals surface area (Å²) in [6.07, 6.45) is 4.30. The second-order valence-electron chi connectivity index (χ2n) is 2.43. The van der Waals surface area contributed by atoms with Crippen molar-refractivity contribution in [2.24, 2.45) is 0 Å². The molecule has 0 unspecified atom stereocenters. The van der Waals surface area contributed by atoms with E-state index < -0.39 is 0 Å². The molecule has 0 fully saturated rings. The van der Waals surface area contributed by atoms with Crippen LogP contribution in [-0.4, -0.2) is 13.6 Å². The molecule has 0 saturated carbocycles. The number of hydrogen-bond donors (Lipinski definition) is 1. The number of likely N-dealkylation sites (N-methyl/N-ethyl adjacent to an activating group) is 1. The van der Waals surface area contributed by atoms with Gasteiger partial charge in [-0.05, 0) is 37.1 Å². The molecule has 0 atom stereocenters. The molecule has 0 aliphatic carbocycles. The van der Waals surface area contributed by atoms with E-state index in [-0.39, 0.29) is 0 Å². The summed E-state index contributed by atoms with van der Waals surface area (Å²) < 4.78 is 0. The minimum Gasteiger partial charge on any atom is -0.316 e. The molecule has 0 aliphatic heterocycles. The zero-order chi connectivity index (χ0) is 8.10. The lowest BCUT2D eigenvalue weighted by molar-refractivity contribution is 0.922. The average Bonchev–Trinajstić information content (AvgIpc) is 2.37. The third-order valence-corrected chi connectivity index (χ3v) is 2.48. The van der Waals surface area contributed by atoms with Crippen LogP contribution in [0.25, 0.3) is 6.08 Å². The topological polar surface area (TPSA) is 12.0 Å². The molecule has 0 radical (unpaired) electrons. The van der Waals surface area contributed by atoms with Crippen LogP contribution in [0.1, 0.15) is 10.4 Å². The molecule has 0 amide bonds. The Bertz CT molecular complexity index is 237. The molecule has 0 spiro atoms. The Morgan fingerprint density at radius 2 is 2.45 bits per heavy atom. The Kier molecular flexibility index (Phi) is 3.33. The van der Waals surface area contributed by atoms with Gasteiger partial charge in [-0.3, -0.25) is 0 Å². The fraction of sp³-hybridized carbons (Fsp3) is 0.333. The second-order valence-corrected chi connectivity index (χ2v) is 3.38. The van der Waals surface area contributed by atoms with Crippen molar-refractivity contribution in [3.63, 3.8) is 0 Å². The Hall–Kier alpha value is -0.600. The SMILES string of the molecule is CNCC=Cc1sccc1C. The van der Waals surface area contributed by atoms with E-state index in [1.54, 1.807) is 11.3 Å². The first-order chi connectivity index (χ1) is 5.34. The van der Waals surface area contributed by atoms with E-state index in [2.05, 4.69) is 35.8 Å². The van der Waals surface area contributed by atoms with Crippen LogP contribution in [0.3, 0.4) is 0 Å². The summed E-state index contributed by atoms with van der Waals surface area (Å²) in [5.41, 5.74) is 1.36. The fourth-order valence-corrected chi connectivity index (χ4v) is 1.69. The quantitative estimate of drug-likeness (QED) is 0.728. The summed E-state index contributed by atoms with van der Waals surface area (Å²) in [5.74, 6) is 0. The summed E-state index contributed by atoms with van der Waals surface area (Å²) in [7, 11) is 1.95. The van der Waals surface area contributed by atoms with Crippen molar-refractivity contribution in [1.29, 1.82) is 0 Å². The van der Waals surface area contributed by atoms with Crippen LogP contribution in [0, 0.1) is 6.92 Å². The maximum absolute atomic E-state index is 3.07. The van der Waals surface area contributed by atoms with E-state index in [0.717, 1.165) is 6.54 Å². The van der Waals surface area contributed by atoms with Gasteiger partial charge < -0.3 is 5.32 Å². The zero-order valence-electron chi connectivity index (χ0n) is 6.92. The molecule has 0 saturated heterocycles. The normalized spacial score (nSPS) is 11.1. The largest absolute Gasteiger partial charge is 0.316 e.